The lowest BCUT2D eigenvalue weighted by Crippen LogP contribution is -2.24. The van der Waals surface area contributed by atoms with Gasteiger partial charge in [-0.05, 0) is 49.4 Å². The predicted molar refractivity (Wildman–Crippen MR) is 93.4 cm³/mol. The number of aryl methyl sites for hydroxylation is 2. The van der Waals surface area contributed by atoms with Crippen LogP contribution in [-0.2, 0) is 6.42 Å². The molecule has 1 unspecified atom stereocenters. The Morgan fingerprint density at radius 2 is 1.95 bits per heavy atom. The monoisotopic (exact) mass is 293 g/mol. The molecular weight excluding hydrogens is 270 g/mol. The van der Waals surface area contributed by atoms with Crippen LogP contribution in [0.3, 0.4) is 0 Å². The van der Waals surface area contributed by atoms with Crippen LogP contribution in [0, 0.1) is 6.92 Å². The van der Waals surface area contributed by atoms with Crippen molar-refractivity contribution in [2.24, 2.45) is 10.7 Å². The summed E-state index contributed by atoms with van der Waals surface area (Å²) in [5.41, 5.74) is 11.2. The Hall–Kier alpha value is -2.29. The predicted octanol–water partition coefficient (Wildman–Crippen LogP) is 3.84. The van der Waals surface area contributed by atoms with Crippen molar-refractivity contribution >= 4 is 11.6 Å². The van der Waals surface area contributed by atoms with Gasteiger partial charge in [-0.2, -0.15) is 0 Å². The van der Waals surface area contributed by atoms with Crippen molar-refractivity contribution in [1.82, 2.24) is 0 Å². The zero-order valence-electron chi connectivity index (χ0n) is 13.0. The van der Waals surface area contributed by atoms with Crippen molar-refractivity contribution in [2.75, 3.05) is 11.9 Å². The first-order valence-electron chi connectivity index (χ1n) is 7.94. The largest absolute Gasteiger partial charge is 0.370 e. The average molecular weight is 293 g/mol. The van der Waals surface area contributed by atoms with Crippen molar-refractivity contribution in [3.63, 3.8) is 0 Å². The number of aliphatic imine (C=N–C) groups is 1. The molecule has 2 aromatic carbocycles. The third-order valence-corrected chi connectivity index (χ3v) is 4.30. The maximum absolute atomic E-state index is 6.02. The third-order valence-electron chi connectivity index (χ3n) is 4.30. The summed E-state index contributed by atoms with van der Waals surface area (Å²) in [6.07, 6.45) is 3.62. The topological polar surface area (TPSA) is 50.4 Å². The summed E-state index contributed by atoms with van der Waals surface area (Å²) >= 11 is 0. The highest BCUT2D eigenvalue weighted by Crippen LogP contribution is 2.31. The number of nitrogens with two attached hydrogens (primary N) is 1. The van der Waals surface area contributed by atoms with E-state index >= 15 is 0 Å². The number of hydrogen-bond acceptors (Lipinski definition) is 1. The highest BCUT2D eigenvalue weighted by molar-refractivity contribution is 5.92. The minimum absolute atomic E-state index is 0.489. The minimum Gasteiger partial charge on any atom is -0.370 e. The average Bonchev–Trinajstić information content (AvgIpc) is 2.55. The number of hydrogen-bond donors (Lipinski definition) is 2. The second kappa shape index (κ2) is 6.65. The third kappa shape index (κ3) is 3.48. The van der Waals surface area contributed by atoms with Crippen molar-refractivity contribution in [3.05, 3.63) is 65.2 Å². The second-order valence-corrected chi connectivity index (χ2v) is 6.00. The molecule has 22 heavy (non-hydrogen) atoms. The normalized spacial score (nSPS) is 17.9. The van der Waals surface area contributed by atoms with Crippen LogP contribution in [0.4, 0.5) is 5.69 Å². The number of rotatable bonds is 3. The van der Waals surface area contributed by atoms with E-state index in [4.69, 9.17) is 5.73 Å². The van der Waals surface area contributed by atoms with E-state index in [0.29, 0.717) is 11.9 Å². The molecule has 3 N–H and O–H groups in total. The molecular formula is C19H23N3. The first-order valence-corrected chi connectivity index (χ1v) is 7.94. The van der Waals surface area contributed by atoms with E-state index in [0.717, 1.165) is 12.2 Å². The van der Waals surface area contributed by atoms with Crippen molar-refractivity contribution in [3.8, 4) is 0 Å². The minimum atomic E-state index is 0.489. The quantitative estimate of drug-likeness (QED) is 0.667. The van der Waals surface area contributed by atoms with E-state index in [1.807, 2.05) is 12.1 Å². The molecule has 0 saturated carbocycles. The van der Waals surface area contributed by atoms with Gasteiger partial charge in [-0.3, -0.25) is 4.99 Å². The molecule has 0 saturated heterocycles. The smallest absolute Gasteiger partial charge is 0.193 e. The summed E-state index contributed by atoms with van der Waals surface area (Å²) in [7, 11) is 0. The van der Waals surface area contributed by atoms with Crippen LogP contribution in [0.15, 0.2) is 53.5 Å². The zero-order valence-corrected chi connectivity index (χ0v) is 13.0. The van der Waals surface area contributed by atoms with Crippen LogP contribution in [0.25, 0.3) is 0 Å². The molecule has 0 aliphatic heterocycles. The molecule has 1 atom stereocenters. The number of benzene rings is 2. The Kier molecular flexibility index (Phi) is 4.42. The summed E-state index contributed by atoms with van der Waals surface area (Å²) in [4.78, 5) is 4.55. The first kappa shape index (κ1) is 14.6. The number of anilines is 1. The van der Waals surface area contributed by atoms with Gasteiger partial charge in [-0.15, -0.1) is 0 Å². The zero-order chi connectivity index (χ0) is 15.4. The molecule has 3 heteroatoms. The summed E-state index contributed by atoms with van der Waals surface area (Å²) in [5.74, 6) is 0.982. The van der Waals surface area contributed by atoms with Gasteiger partial charge >= 0.3 is 0 Å². The maximum Gasteiger partial charge on any atom is 0.193 e. The van der Waals surface area contributed by atoms with Gasteiger partial charge < -0.3 is 11.1 Å². The van der Waals surface area contributed by atoms with E-state index in [-0.39, 0.29) is 0 Å². The van der Waals surface area contributed by atoms with Gasteiger partial charge in [0, 0.05) is 18.2 Å². The van der Waals surface area contributed by atoms with Gasteiger partial charge in [-0.25, -0.2) is 0 Å². The molecule has 0 amide bonds. The number of nitrogens with zero attached hydrogens (tertiary/aromatic N) is 1. The Morgan fingerprint density at radius 3 is 2.77 bits per heavy atom. The molecule has 0 heterocycles. The second-order valence-electron chi connectivity index (χ2n) is 6.00. The fourth-order valence-corrected chi connectivity index (χ4v) is 3.08. The molecule has 1 aliphatic carbocycles. The lowest BCUT2D eigenvalue weighted by molar-refractivity contribution is 0.561. The molecule has 0 bridgehead atoms. The van der Waals surface area contributed by atoms with Crippen LogP contribution >= 0.6 is 0 Å². The molecule has 0 aromatic heterocycles. The SMILES string of the molecule is Cc1ccc(NC(N)=NCC2CCCc3ccccc32)cc1. The summed E-state index contributed by atoms with van der Waals surface area (Å²) < 4.78 is 0. The van der Waals surface area contributed by atoms with Gasteiger partial charge in [0.25, 0.3) is 0 Å². The summed E-state index contributed by atoms with van der Waals surface area (Å²) in [5, 5.41) is 3.16. The lowest BCUT2D eigenvalue weighted by Gasteiger charge is -2.24. The first-order chi connectivity index (χ1) is 10.7. The number of guanidine groups is 1. The van der Waals surface area contributed by atoms with E-state index in [2.05, 4.69) is 53.6 Å². The van der Waals surface area contributed by atoms with E-state index < -0.39 is 0 Å². The molecule has 3 nitrogen and oxygen atoms in total. The Bertz CT molecular complexity index is 659. The Morgan fingerprint density at radius 1 is 1.18 bits per heavy atom. The van der Waals surface area contributed by atoms with Gasteiger partial charge in [0.2, 0.25) is 0 Å². The van der Waals surface area contributed by atoms with Gasteiger partial charge in [-0.1, -0.05) is 42.0 Å². The maximum atomic E-state index is 6.02. The fourth-order valence-electron chi connectivity index (χ4n) is 3.08. The highest BCUT2D eigenvalue weighted by atomic mass is 15.1. The van der Waals surface area contributed by atoms with Crippen LogP contribution in [0.1, 0.15) is 35.4 Å². The number of fused-ring (bicyclic) bond motifs is 1. The molecule has 0 fully saturated rings. The number of nitrogens with one attached hydrogen (secondary N) is 1. The van der Waals surface area contributed by atoms with E-state index in [1.165, 1.54) is 36.0 Å². The standard InChI is InChI=1S/C19H23N3/c1-14-9-11-17(12-10-14)22-19(20)21-13-16-7-4-6-15-5-2-3-8-18(15)16/h2-3,5,8-12,16H,4,6-7,13H2,1H3,(H3,20,21,22). The molecule has 0 spiro atoms. The van der Waals surface area contributed by atoms with Crippen LogP contribution in [0.2, 0.25) is 0 Å². The van der Waals surface area contributed by atoms with Crippen molar-refractivity contribution in [1.29, 1.82) is 0 Å². The van der Waals surface area contributed by atoms with Gasteiger partial charge in [0.05, 0.1) is 0 Å². The van der Waals surface area contributed by atoms with Gasteiger partial charge in [0.1, 0.15) is 0 Å². The van der Waals surface area contributed by atoms with Crippen LogP contribution in [-0.4, -0.2) is 12.5 Å². The lowest BCUT2D eigenvalue weighted by atomic mass is 9.83. The molecule has 114 valence electrons. The van der Waals surface area contributed by atoms with Crippen molar-refractivity contribution < 1.29 is 0 Å². The molecule has 3 rings (SSSR count). The molecule has 2 aromatic rings. The summed E-state index contributed by atoms with van der Waals surface area (Å²) in [6, 6.07) is 16.9. The van der Waals surface area contributed by atoms with Gasteiger partial charge in [0.15, 0.2) is 5.96 Å². The van der Waals surface area contributed by atoms with E-state index in [1.54, 1.807) is 0 Å². The fraction of sp³-hybridized carbons (Fsp3) is 0.316. The van der Waals surface area contributed by atoms with Crippen LogP contribution < -0.4 is 11.1 Å². The van der Waals surface area contributed by atoms with E-state index in [9.17, 15) is 0 Å². The van der Waals surface area contributed by atoms with Crippen LogP contribution in [0.5, 0.6) is 0 Å². The Labute approximate surface area is 132 Å². The Balaban J connectivity index is 1.65. The highest BCUT2D eigenvalue weighted by Gasteiger charge is 2.19. The molecule has 1 aliphatic rings. The molecule has 0 radical (unpaired) electrons. The summed E-state index contributed by atoms with van der Waals surface area (Å²) in [6.45, 7) is 2.82. The van der Waals surface area contributed by atoms with Crippen molar-refractivity contribution in [2.45, 2.75) is 32.1 Å².